The predicted octanol–water partition coefficient (Wildman–Crippen LogP) is 3.28. The average molecular weight is 355 g/mol. The van der Waals surface area contributed by atoms with Crippen LogP contribution in [0.15, 0.2) is 34.7 Å². The number of furan rings is 1. The van der Waals surface area contributed by atoms with Crippen LogP contribution < -0.4 is 5.32 Å². The van der Waals surface area contributed by atoms with Crippen LogP contribution in [0.5, 0.6) is 0 Å². The van der Waals surface area contributed by atoms with Crippen LogP contribution in [0.2, 0.25) is 10.0 Å². The van der Waals surface area contributed by atoms with Crippen LogP contribution in [0.4, 0.5) is 0 Å². The number of carbonyl (C=O) groups is 2. The maximum absolute atomic E-state index is 12.0. The highest BCUT2D eigenvalue weighted by Gasteiger charge is 2.15. The highest BCUT2D eigenvalue weighted by Crippen LogP contribution is 2.20. The first kappa shape index (κ1) is 17.4. The van der Waals surface area contributed by atoms with Crippen LogP contribution in [0.3, 0.4) is 0 Å². The molecule has 0 unspecified atom stereocenters. The number of halogens is 2. The molecular weight excluding hydrogens is 339 g/mol. The molecule has 0 aliphatic heterocycles. The Bertz CT molecular complexity index is 728. The van der Waals surface area contributed by atoms with E-state index in [9.17, 15) is 9.59 Å². The topological polar surface area (TPSA) is 62.6 Å². The summed E-state index contributed by atoms with van der Waals surface area (Å²) in [6.45, 7) is 2.04. The van der Waals surface area contributed by atoms with Gasteiger partial charge in [0.05, 0.1) is 23.7 Å². The van der Waals surface area contributed by atoms with Gasteiger partial charge in [0.15, 0.2) is 0 Å². The van der Waals surface area contributed by atoms with Gasteiger partial charge in [-0.25, -0.2) is 0 Å². The Labute approximate surface area is 144 Å². The molecule has 0 aliphatic carbocycles. The lowest BCUT2D eigenvalue weighted by atomic mass is 10.2. The third kappa shape index (κ3) is 4.74. The van der Waals surface area contributed by atoms with Gasteiger partial charge in [-0.2, -0.15) is 0 Å². The van der Waals surface area contributed by atoms with Gasteiger partial charge in [0.2, 0.25) is 5.91 Å². The maximum Gasteiger partial charge on any atom is 0.253 e. The highest BCUT2D eigenvalue weighted by atomic mass is 35.5. The summed E-state index contributed by atoms with van der Waals surface area (Å²) in [4.78, 5) is 25.6. The molecule has 7 heteroatoms. The summed E-state index contributed by atoms with van der Waals surface area (Å²) >= 11 is 11.7. The molecule has 2 aromatic rings. The predicted molar refractivity (Wildman–Crippen MR) is 88.7 cm³/mol. The second kappa shape index (κ2) is 7.53. The number of likely N-dealkylation sites (N-methyl/N-ethyl adjacent to an activating group) is 1. The van der Waals surface area contributed by atoms with Gasteiger partial charge in [-0.1, -0.05) is 23.2 Å². The molecule has 0 aliphatic rings. The molecule has 122 valence electrons. The third-order valence-electron chi connectivity index (χ3n) is 3.19. The van der Waals surface area contributed by atoms with E-state index in [4.69, 9.17) is 27.6 Å². The minimum absolute atomic E-state index is 0.131. The second-order valence-corrected chi connectivity index (χ2v) is 5.91. The molecule has 23 heavy (non-hydrogen) atoms. The molecule has 5 nitrogen and oxygen atoms in total. The molecule has 2 rings (SSSR count). The number of amides is 2. The molecule has 0 spiro atoms. The summed E-state index contributed by atoms with van der Waals surface area (Å²) in [6.07, 6.45) is 0. The number of nitrogens with one attached hydrogen (secondary N) is 1. The Kier molecular flexibility index (Phi) is 5.69. The van der Waals surface area contributed by atoms with Crippen LogP contribution in [-0.4, -0.2) is 30.3 Å². The molecule has 2 amide bonds. The number of hydrogen-bond acceptors (Lipinski definition) is 3. The number of benzene rings is 1. The number of carbonyl (C=O) groups excluding carboxylic acids is 2. The first-order valence-corrected chi connectivity index (χ1v) is 7.65. The number of nitrogens with zero attached hydrogens (tertiary/aromatic N) is 1. The number of hydrogen-bond donors (Lipinski definition) is 1. The van der Waals surface area contributed by atoms with Crippen molar-refractivity contribution in [2.24, 2.45) is 0 Å². The maximum atomic E-state index is 12.0. The molecule has 0 atom stereocenters. The van der Waals surface area contributed by atoms with Crippen molar-refractivity contribution in [1.29, 1.82) is 0 Å². The lowest BCUT2D eigenvalue weighted by molar-refractivity contribution is -0.129. The monoisotopic (exact) mass is 354 g/mol. The standard InChI is InChI=1S/C16H16Cl2N2O3/c1-10-3-5-12(23-10)9-20(2)15(21)8-19-16(22)13-6-4-11(17)7-14(13)18/h3-7H,8-9H2,1-2H3,(H,19,22). The largest absolute Gasteiger partial charge is 0.464 e. The van der Waals surface area contributed by atoms with Crippen molar-refractivity contribution in [3.63, 3.8) is 0 Å². The van der Waals surface area contributed by atoms with Crippen LogP contribution in [0.1, 0.15) is 21.9 Å². The number of rotatable bonds is 5. The molecule has 1 heterocycles. The van der Waals surface area contributed by atoms with Gasteiger partial charge in [0, 0.05) is 12.1 Å². The summed E-state index contributed by atoms with van der Waals surface area (Å²) in [6, 6.07) is 8.20. The fourth-order valence-electron chi connectivity index (χ4n) is 1.95. The molecule has 1 aromatic carbocycles. The Hall–Kier alpha value is -1.98. The summed E-state index contributed by atoms with van der Waals surface area (Å²) in [7, 11) is 1.64. The van der Waals surface area contributed by atoms with Gasteiger partial charge < -0.3 is 14.6 Å². The van der Waals surface area contributed by atoms with Crippen LogP contribution >= 0.6 is 23.2 Å². The van der Waals surface area contributed by atoms with Crippen LogP contribution in [-0.2, 0) is 11.3 Å². The fraction of sp³-hybridized carbons (Fsp3) is 0.250. The zero-order valence-electron chi connectivity index (χ0n) is 12.7. The van der Waals surface area contributed by atoms with E-state index >= 15 is 0 Å². The van der Waals surface area contributed by atoms with Crippen molar-refractivity contribution in [2.45, 2.75) is 13.5 Å². The Morgan fingerprint density at radius 1 is 1.22 bits per heavy atom. The molecule has 0 radical (unpaired) electrons. The molecule has 0 saturated heterocycles. The normalized spacial score (nSPS) is 10.4. The Morgan fingerprint density at radius 2 is 1.96 bits per heavy atom. The van der Waals surface area contributed by atoms with E-state index < -0.39 is 5.91 Å². The summed E-state index contributed by atoms with van der Waals surface area (Å²) in [5, 5.41) is 3.22. The zero-order chi connectivity index (χ0) is 17.0. The summed E-state index contributed by atoms with van der Waals surface area (Å²) in [5.74, 6) is 0.803. The van der Waals surface area contributed by atoms with E-state index in [1.54, 1.807) is 13.1 Å². The second-order valence-electron chi connectivity index (χ2n) is 5.07. The van der Waals surface area contributed by atoms with Crippen molar-refractivity contribution in [3.8, 4) is 0 Å². The SMILES string of the molecule is Cc1ccc(CN(C)C(=O)CNC(=O)c2ccc(Cl)cc2Cl)o1. The van der Waals surface area contributed by atoms with Gasteiger partial charge in [-0.15, -0.1) is 0 Å². The molecule has 0 fully saturated rings. The van der Waals surface area contributed by atoms with E-state index in [2.05, 4.69) is 5.32 Å². The highest BCUT2D eigenvalue weighted by molar-refractivity contribution is 6.36. The van der Waals surface area contributed by atoms with E-state index in [-0.39, 0.29) is 23.0 Å². The smallest absolute Gasteiger partial charge is 0.253 e. The van der Waals surface area contributed by atoms with Gasteiger partial charge >= 0.3 is 0 Å². The first-order chi connectivity index (χ1) is 10.9. The molecular formula is C16H16Cl2N2O3. The van der Waals surface area contributed by atoms with Crippen molar-refractivity contribution < 1.29 is 14.0 Å². The summed E-state index contributed by atoms with van der Waals surface area (Å²) < 4.78 is 5.41. The third-order valence-corrected chi connectivity index (χ3v) is 3.74. The van der Waals surface area contributed by atoms with E-state index in [0.717, 1.165) is 5.76 Å². The minimum Gasteiger partial charge on any atom is -0.464 e. The fourth-order valence-corrected chi connectivity index (χ4v) is 2.45. The van der Waals surface area contributed by atoms with E-state index in [1.807, 2.05) is 19.1 Å². The molecule has 1 N–H and O–H groups in total. The van der Waals surface area contributed by atoms with E-state index in [0.29, 0.717) is 17.3 Å². The molecule has 0 bridgehead atoms. The first-order valence-electron chi connectivity index (χ1n) is 6.89. The van der Waals surface area contributed by atoms with Crippen molar-refractivity contribution in [1.82, 2.24) is 10.2 Å². The lowest BCUT2D eigenvalue weighted by Gasteiger charge is -2.16. The van der Waals surface area contributed by atoms with E-state index in [1.165, 1.54) is 17.0 Å². The quantitative estimate of drug-likeness (QED) is 0.895. The van der Waals surface area contributed by atoms with Gasteiger partial charge in [-0.3, -0.25) is 9.59 Å². The van der Waals surface area contributed by atoms with Crippen molar-refractivity contribution >= 4 is 35.0 Å². The molecule has 1 aromatic heterocycles. The lowest BCUT2D eigenvalue weighted by Crippen LogP contribution is -2.37. The van der Waals surface area contributed by atoms with Crippen LogP contribution in [0, 0.1) is 6.92 Å². The zero-order valence-corrected chi connectivity index (χ0v) is 14.2. The van der Waals surface area contributed by atoms with Crippen molar-refractivity contribution in [2.75, 3.05) is 13.6 Å². The average Bonchev–Trinajstić information content (AvgIpc) is 2.89. The van der Waals surface area contributed by atoms with Crippen LogP contribution in [0.25, 0.3) is 0 Å². The van der Waals surface area contributed by atoms with Gasteiger partial charge in [-0.05, 0) is 37.3 Å². The Morgan fingerprint density at radius 3 is 2.57 bits per heavy atom. The van der Waals surface area contributed by atoms with Crippen molar-refractivity contribution in [3.05, 3.63) is 57.5 Å². The Balaban J connectivity index is 1.89. The number of aryl methyl sites for hydroxylation is 1. The van der Waals surface area contributed by atoms with Gasteiger partial charge in [0.25, 0.3) is 5.91 Å². The molecule has 0 saturated carbocycles. The minimum atomic E-state index is -0.428. The van der Waals surface area contributed by atoms with Gasteiger partial charge in [0.1, 0.15) is 11.5 Å². The summed E-state index contributed by atoms with van der Waals surface area (Å²) in [5.41, 5.74) is 0.271.